The van der Waals surface area contributed by atoms with Crippen molar-refractivity contribution in [2.45, 2.75) is 31.3 Å². The lowest BCUT2D eigenvalue weighted by atomic mass is 10.2. The van der Waals surface area contributed by atoms with E-state index in [9.17, 15) is 0 Å². The Morgan fingerprint density at radius 3 is 2.78 bits per heavy atom. The van der Waals surface area contributed by atoms with Gasteiger partial charge in [0.05, 0.1) is 11.3 Å². The topological polar surface area (TPSA) is 82.5 Å². The summed E-state index contributed by atoms with van der Waals surface area (Å²) in [7, 11) is 0. The van der Waals surface area contributed by atoms with E-state index in [1.165, 1.54) is 11.8 Å². The Balaban J connectivity index is 1.73. The predicted molar refractivity (Wildman–Crippen MR) is 87.1 cm³/mol. The van der Waals surface area contributed by atoms with E-state index in [0.29, 0.717) is 22.7 Å². The molecule has 0 unspecified atom stereocenters. The quantitative estimate of drug-likeness (QED) is 0.533. The number of benzene rings is 1. The molecule has 0 fully saturated rings. The fourth-order valence-corrected chi connectivity index (χ4v) is 3.21. The number of rotatable bonds is 4. The van der Waals surface area contributed by atoms with E-state index >= 15 is 0 Å². The predicted octanol–water partition coefficient (Wildman–Crippen LogP) is 2.98. The zero-order valence-corrected chi connectivity index (χ0v) is 13.5. The fraction of sp³-hybridized carbons (Fsp3) is 0.267. The lowest BCUT2D eigenvalue weighted by Crippen LogP contribution is -1.98. The van der Waals surface area contributed by atoms with Crippen LogP contribution in [0.15, 0.2) is 33.8 Å². The van der Waals surface area contributed by atoms with Gasteiger partial charge in [-0.15, -0.1) is 20.4 Å². The van der Waals surface area contributed by atoms with Crippen LogP contribution in [-0.2, 0) is 12.3 Å². The van der Waals surface area contributed by atoms with E-state index in [1.807, 2.05) is 18.2 Å². The van der Waals surface area contributed by atoms with E-state index in [4.69, 9.17) is 4.42 Å². The first kappa shape index (κ1) is 14.1. The highest BCUT2D eigenvalue weighted by Gasteiger charge is 2.14. The molecule has 116 valence electrons. The van der Waals surface area contributed by atoms with Gasteiger partial charge < -0.3 is 8.98 Å². The monoisotopic (exact) mass is 326 g/mol. The summed E-state index contributed by atoms with van der Waals surface area (Å²) < 4.78 is 7.51. The van der Waals surface area contributed by atoms with Crippen molar-refractivity contribution in [2.75, 3.05) is 0 Å². The summed E-state index contributed by atoms with van der Waals surface area (Å²) in [6.07, 6.45) is 0. The van der Waals surface area contributed by atoms with Crippen molar-refractivity contribution in [1.82, 2.24) is 29.9 Å². The first-order chi connectivity index (χ1) is 11.3. The molecule has 3 heterocycles. The lowest BCUT2D eigenvalue weighted by Gasteiger charge is -2.02. The van der Waals surface area contributed by atoms with Crippen LogP contribution in [0.3, 0.4) is 0 Å². The highest BCUT2D eigenvalue weighted by atomic mass is 32.2. The summed E-state index contributed by atoms with van der Waals surface area (Å²) in [5.74, 6) is 1.65. The molecule has 0 aliphatic carbocycles. The largest absolute Gasteiger partial charge is 0.425 e. The van der Waals surface area contributed by atoms with Crippen molar-refractivity contribution in [1.29, 1.82) is 0 Å². The van der Waals surface area contributed by atoms with Crippen LogP contribution in [0.1, 0.15) is 18.7 Å². The first-order valence-electron chi connectivity index (χ1n) is 7.29. The van der Waals surface area contributed by atoms with Gasteiger partial charge in [0.2, 0.25) is 16.9 Å². The van der Waals surface area contributed by atoms with Gasteiger partial charge in [0.1, 0.15) is 5.52 Å². The minimum absolute atomic E-state index is 0.528. The van der Waals surface area contributed by atoms with Gasteiger partial charge in [-0.1, -0.05) is 30.0 Å². The molecule has 8 heteroatoms. The fourth-order valence-electron chi connectivity index (χ4n) is 2.59. The van der Waals surface area contributed by atoms with Crippen molar-refractivity contribution < 1.29 is 4.42 Å². The molecule has 0 aliphatic heterocycles. The molecule has 1 aromatic carbocycles. The van der Waals surface area contributed by atoms with Gasteiger partial charge in [-0.05, 0) is 13.0 Å². The zero-order chi connectivity index (χ0) is 15.8. The summed E-state index contributed by atoms with van der Waals surface area (Å²) in [5.41, 5.74) is 2.81. The minimum Gasteiger partial charge on any atom is -0.425 e. The number of aromatic nitrogens is 6. The number of para-hydroxylation sites is 1. The molecular weight excluding hydrogens is 312 g/mol. The Bertz CT molecular complexity index is 992. The molecule has 3 aromatic heterocycles. The second kappa shape index (κ2) is 5.62. The van der Waals surface area contributed by atoms with Crippen molar-refractivity contribution in [3.63, 3.8) is 0 Å². The molecule has 0 bridgehead atoms. The van der Waals surface area contributed by atoms with Crippen LogP contribution in [0.5, 0.6) is 0 Å². The van der Waals surface area contributed by atoms with E-state index in [1.54, 1.807) is 6.92 Å². The van der Waals surface area contributed by atoms with Gasteiger partial charge in [0, 0.05) is 18.9 Å². The molecule has 4 rings (SSSR count). The molecule has 23 heavy (non-hydrogen) atoms. The summed E-state index contributed by atoms with van der Waals surface area (Å²) in [6, 6.07) is 8.16. The molecule has 0 spiro atoms. The Hall–Kier alpha value is -2.48. The smallest absolute Gasteiger partial charge is 0.226 e. The molecule has 0 saturated carbocycles. The average molecular weight is 326 g/mol. The Kier molecular flexibility index (Phi) is 3.45. The second-order valence-electron chi connectivity index (χ2n) is 5.03. The molecule has 0 aliphatic rings. The summed E-state index contributed by atoms with van der Waals surface area (Å²) in [6.45, 7) is 4.70. The second-order valence-corrected chi connectivity index (χ2v) is 5.97. The molecule has 0 saturated heterocycles. The van der Waals surface area contributed by atoms with Gasteiger partial charge in [-0.25, -0.2) is 4.98 Å². The highest BCUT2D eigenvalue weighted by molar-refractivity contribution is 7.98. The van der Waals surface area contributed by atoms with Crippen LogP contribution in [0.2, 0.25) is 0 Å². The number of hydrogen-bond acceptors (Lipinski definition) is 7. The molecule has 7 nitrogen and oxygen atoms in total. The average Bonchev–Trinajstić information content (AvgIpc) is 3.13. The minimum atomic E-state index is 0.528. The number of hydrogen-bond donors (Lipinski definition) is 0. The third-order valence-corrected chi connectivity index (χ3v) is 4.39. The van der Waals surface area contributed by atoms with Gasteiger partial charge in [-0.2, -0.15) is 0 Å². The molecule has 4 aromatic rings. The molecular formula is C15H14N6OS. The molecule has 0 radical (unpaired) electrons. The van der Waals surface area contributed by atoms with Crippen molar-refractivity contribution in [3.05, 3.63) is 36.0 Å². The number of aryl methyl sites for hydroxylation is 2. The van der Waals surface area contributed by atoms with Crippen molar-refractivity contribution in [3.8, 4) is 0 Å². The van der Waals surface area contributed by atoms with Gasteiger partial charge in [0.25, 0.3) is 0 Å². The third-order valence-electron chi connectivity index (χ3n) is 3.56. The number of fused-ring (bicyclic) bond motifs is 3. The Morgan fingerprint density at radius 1 is 1.13 bits per heavy atom. The summed E-state index contributed by atoms with van der Waals surface area (Å²) in [5, 5.41) is 18.1. The number of nitrogens with zero attached hydrogens (tertiary/aromatic N) is 6. The maximum atomic E-state index is 5.36. The van der Waals surface area contributed by atoms with E-state index in [-0.39, 0.29) is 0 Å². The third kappa shape index (κ3) is 2.44. The Labute approximate surface area is 136 Å². The maximum Gasteiger partial charge on any atom is 0.226 e. The maximum absolute atomic E-state index is 5.36. The van der Waals surface area contributed by atoms with Gasteiger partial charge in [0.15, 0.2) is 5.65 Å². The van der Waals surface area contributed by atoms with Gasteiger partial charge >= 0.3 is 0 Å². The highest BCUT2D eigenvalue weighted by Crippen LogP contribution is 2.27. The van der Waals surface area contributed by atoms with Gasteiger partial charge in [-0.3, -0.25) is 0 Å². The summed E-state index contributed by atoms with van der Waals surface area (Å²) in [4.78, 5) is 4.67. The van der Waals surface area contributed by atoms with Crippen LogP contribution >= 0.6 is 11.8 Å². The van der Waals surface area contributed by atoms with Crippen LogP contribution < -0.4 is 0 Å². The molecule has 0 amide bonds. The lowest BCUT2D eigenvalue weighted by molar-refractivity contribution is 0.485. The van der Waals surface area contributed by atoms with Crippen LogP contribution in [0.4, 0.5) is 0 Å². The van der Waals surface area contributed by atoms with Crippen LogP contribution in [0.25, 0.3) is 22.1 Å². The molecule has 0 N–H and O–H groups in total. The Morgan fingerprint density at radius 2 is 2.00 bits per heavy atom. The van der Waals surface area contributed by atoms with Crippen LogP contribution in [-0.4, -0.2) is 29.9 Å². The SMILES string of the molecule is CCn1c2ccccc2c2nnc(SCc3nnc(C)o3)nc21. The number of thioether (sulfide) groups is 1. The van der Waals surface area contributed by atoms with E-state index < -0.39 is 0 Å². The van der Waals surface area contributed by atoms with E-state index in [2.05, 4.69) is 42.9 Å². The first-order valence-corrected chi connectivity index (χ1v) is 8.28. The van der Waals surface area contributed by atoms with Crippen molar-refractivity contribution in [2.24, 2.45) is 0 Å². The zero-order valence-electron chi connectivity index (χ0n) is 12.7. The molecule has 0 atom stereocenters. The van der Waals surface area contributed by atoms with Crippen molar-refractivity contribution >= 4 is 33.8 Å². The van der Waals surface area contributed by atoms with E-state index in [0.717, 1.165) is 28.6 Å². The summed E-state index contributed by atoms with van der Waals surface area (Å²) >= 11 is 1.44. The standard InChI is InChI=1S/C15H14N6OS/c1-3-21-11-7-5-4-6-10(11)13-14(21)16-15(20-19-13)23-8-12-18-17-9(2)22-12/h4-7H,3,8H2,1-2H3. The van der Waals surface area contributed by atoms with Crippen LogP contribution in [0, 0.1) is 6.92 Å². The normalized spacial score (nSPS) is 11.6.